The van der Waals surface area contributed by atoms with Gasteiger partial charge in [-0.15, -0.1) is 0 Å². The number of fused-ring (bicyclic) bond motifs is 1. The number of alkyl carbamates (subject to hydrolysis) is 1. The Morgan fingerprint density at radius 3 is 2.89 bits per heavy atom. The molecule has 154 valence electrons. The molecule has 1 fully saturated rings. The summed E-state index contributed by atoms with van der Waals surface area (Å²) in [5.74, 6) is 1.80. The largest absolute Gasteiger partial charge is 0.471 e. The van der Waals surface area contributed by atoms with Crippen molar-refractivity contribution in [2.45, 2.75) is 44.9 Å². The molecule has 1 amide bonds. The Hall–Kier alpha value is -1.14. The third-order valence-corrected chi connectivity index (χ3v) is 6.27. The molecule has 8 heteroatoms. The molecule has 2 N–H and O–H groups in total. The van der Waals surface area contributed by atoms with Crippen LogP contribution in [0.4, 0.5) is 4.79 Å². The predicted molar refractivity (Wildman–Crippen MR) is 103 cm³/mol. The van der Waals surface area contributed by atoms with E-state index in [4.69, 9.17) is 14.2 Å². The van der Waals surface area contributed by atoms with Crippen molar-refractivity contribution in [3.8, 4) is 0 Å². The Morgan fingerprint density at radius 2 is 2.11 bits per heavy atom. The van der Waals surface area contributed by atoms with Crippen molar-refractivity contribution in [2.24, 2.45) is 17.8 Å². The molecular formula is C19H32NO6P. The van der Waals surface area contributed by atoms with Crippen molar-refractivity contribution in [1.82, 2.24) is 5.32 Å². The number of carbonyl (C=O) groups is 1. The Bertz CT molecular complexity index is 579. The van der Waals surface area contributed by atoms with Crippen molar-refractivity contribution < 1.29 is 28.0 Å². The van der Waals surface area contributed by atoms with Gasteiger partial charge < -0.3 is 14.9 Å². The molecule has 3 unspecified atom stereocenters. The summed E-state index contributed by atoms with van der Waals surface area (Å²) < 4.78 is 25.5. The lowest BCUT2D eigenvalue weighted by atomic mass is 10.0. The first-order valence-electron chi connectivity index (χ1n) is 9.71. The summed E-state index contributed by atoms with van der Waals surface area (Å²) in [6.45, 7) is 5.28. The van der Waals surface area contributed by atoms with Crippen LogP contribution in [0.15, 0.2) is 24.3 Å². The average molecular weight is 401 g/mol. The van der Waals surface area contributed by atoms with E-state index >= 15 is 0 Å². The quantitative estimate of drug-likeness (QED) is 0.398. The van der Waals surface area contributed by atoms with Crippen LogP contribution in [0.3, 0.4) is 0 Å². The number of ether oxygens (including phenoxy) is 1. The second kappa shape index (κ2) is 11.0. The van der Waals surface area contributed by atoms with E-state index in [0.717, 1.165) is 45.6 Å². The molecule has 0 aromatic rings. The van der Waals surface area contributed by atoms with Gasteiger partial charge in [0.2, 0.25) is 0 Å². The Morgan fingerprint density at radius 1 is 1.33 bits per heavy atom. The van der Waals surface area contributed by atoms with Crippen molar-refractivity contribution in [2.75, 3.05) is 26.9 Å². The zero-order valence-corrected chi connectivity index (χ0v) is 17.0. The van der Waals surface area contributed by atoms with Crippen LogP contribution < -0.4 is 5.32 Å². The molecule has 0 bridgehead atoms. The highest BCUT2D eigenvalue weighted by Crippen LogP contribution is 2.52. The zero-order valence-electron chi connectivity index (χ0n) is 16.1. The van der Waals surface area contributed by atoms with Crippen LogP contribution in [-0.4, -0.2) is 37.9 Å². The van der Waals surface area contributed by atoms with Crippen LogP contribution in [0.25, 0.3) is 0 Å². The standard InChI is InChI=1S/C19H32NO6P/c1-15-8-7-9-16-17(11-10-15)18(16)14-25-19(21)20-12-5-3-4-6-13-26-27(22,23)24-2/h7-8,16-18H,1,3-6,9-14H2,2H3,(H,20,21)(H,22,23)/b8-7-/t16?,17?,18-/m1/s1. The lowest BCUT2D eigenvalue weighted by molar-refractivity contribution is 0.137. The van der Waals surface area contributed by atoms with Gasteiger partial charge in [-0.3, -0.25) is 9.05 Å². The minimum atomic E-state index is -3.86. The second-order valence-corrected chi connectivity index (χ2v) is 8.81. The fraction of sp³-hybridized carbons (Fsp3) is 0.737. The van der Waals surface area contributed by atoms with Gasteiger partial charge in [-0.05, 0) is 49.9 Å². The van der Waals surface area contributed by atoms with Gasteiger partial charge in [0.1, 0.15) is 0 Å². The SMILES string of the molecule is C=C1/C=C\CC2C(CC1)[C@@H]2COC(=O)NCCCCCCOP(=O)(O)OC. The number of carbonyl (C=O) groups excluding carboxylic acids is 1. The molecule has 2 aliphatic rings. The molecule has 0 radical (unpaired) electrons. The number of amides is 1. The summed E-state index contributed by atoms with van der Waals surface area (Å²) in [4.78, 5) is 20.9. The third-order valence-electron chi connectivity index (χ3n) is 5.30. The maximum Gasteiger partial charge on any atom is 0.471 e. The van der Waals surface area contributed by atoms with E-state index in [-0.39, 0.29) is 12.7 Å². The molecule has 7 nitrogen and oxygen atoms in total. The molecule has 4 atom stereocenters. The molecule has 0 aromatic heterocycles. The number of allylic oxidation sites excluding steroid dienone is 3. The van der Waals surface area contributed by atoms with Gasteiger partial charge in [0.05, 0.1) is 13.2 Å². The summed E-state index contributed by atoms with van der Waals surface area (Å²) in [5.41, 5.74) is 1.19. The van der Waals surface area contributed by atoms with Gasteiger partial charge in [-0.2, -0.15) is 0 Å². The van der Waals surface area contributed by atoms with Crippen LogP contribution in [0.1, 0.15) is 44.9 Å². The van der Waals surface area contributed by atoms with Crippen molar-refractivity contribution in [3.05, 3.63) is 24.3 Å². The predicted octanol–water partition coefficient (Wildman–Crippen LogP) is 4.19. The fourth-order valence-electron chi connectivity index (χ4n) is 3.60. The van der Waals surface area contributed by atoms with Crippen molar-refractivity contribution in [1.29, 1.82) is 0 Å². The lowest BCUT2D eigenvalue weighted by Crippen LogP contribution is -2.26. The molecule has 2 rings (SSSR count). The highest BCUT2D eigenvalue weighted by molar-refractivity contribution is 7.47. The van der Waals surface area contributed by atoms with E-state index in [2.05, 4.69) is 28.6 Å². The van der Waals surface area contributed by atoms with E-state index in [9.17, 15) is 9.36 Å². The topological polar surface area (TPSA) is 94.1 Å². The van der Waals surface area contributed by atoms with E-state index in [1.165, 1.54) is 5.57 Å². The van der Waals surface area contributed by atoms with Crippen molar-refractivity contribution in [3.63, 3.8) is 0 Å². The fourth-order valence-corrected chi connectivity index (χ4v) is 4.07. The lowest BCUT2D eigenvalue weighted by Gasteiger charge is -2.09. The number of unbranched alkanes of at least 4 members (excludes halogenated alkanes) is 3. The summed E-state index contributed by atoms with van der Waals surface area (Å²) >= 11 is 0. The van der Waals surface area contributed by atoms with E-state index in [1.54, 1.807) is 0 Å². The van der Waals surface area contributed by atoms with Crippen LogP contribution >= 0.6 is 7.82 Å². The number of hydrogen-bond donors (Lipinski definition) is 2. The van der Waals surface area contributed by atoms with Gasteiger partial charge in [-0.25, -0.2) is 9.36 Å². The molecule has 0 saturated heterocycles. The first kappa shape index (κ1) is 22.2. The molecule has 2 aliphatic carbocycles. The summed E-state index contributed by atoms with van der Waals surface area (Å²) in [7, 11) is -2.72. The molecule has 27 heavy (non-hydrogen) atoms. The number of phosphoric acid groups is 1. The molecular weight excluding hydrogens is 369 g/mol. The van der Waals surface area contributed by atoms with Gasteiger partial charge in [-0.1, -0.05) is 37.1 Å². The number of rotatable bonds is 11. The first-order chi connectivity index (χ1) is 12.9. The Kier molecular flexibility index (Phi) is 9.03. The normalized spacial score (nSPS) is 27.6. The maximum absolute atomic E-state index is 11.8. The van der Waals surface area contributed by atoms with Gasteiger partial charge in [0.15, 0.2) is 0 Å². The minimum absolute atomic E-state index is 0.184. The Balaban J connectivity index is 1.45. The van der Waals surface area contributed by atoms with Crippen LogP contribution in [0.2, 0.25) is 0 Å². The van der Waals surface area contributed by atoms with Crippen LogP contribution in [0.5, 0.6) is 0 Å². The summed E-state index contributed by atoms with van der Waals surface area (Å²) in [6, 6.07) is 0. The second-order valence-electron chi connectivity index (χ2n) is 7.25. The van der Waals surface area contributed by atoms with Gasteiger partial charge in [0.25, 0.3) is 0 Å². The van der Waals surface area contributed by atoms with E-state index in [1.807, 2.05) is 0 Å². The first-order valence-corrected chi connectivity index (χ1v) is 11.2. The summed E-state index contributed by atoms with van der Waals surface area (Å²) in [6.07, 6.45) is 10.4. The molecule has 0 aromatic carbocycles. The van der Waals surface area contributed by atoms with Gasteiger partial charge in [0, 0.05) is 13.7 Å². The van der Waals surface area contributed by atoms with Crippen LogP contribution in [-0.2, 0) is 18.3 Å². The van der Waals surface area contributed by atoms with Gasteiger partial charge >= 0.3 is 13.9 Å². The Labute approximate surface area is 161 Å². The smallest absolute Gasteiger partial charge is 0.449 e. The summed E-state index contributed by atoms with van der Waals surface area (Å²) in [5, 5.41) is 2.78. The van der Waals surface area contributed by atoms with Crippen molar-refractivity contribution >= 4 is 13.9 Å². The maximum atomic E-state index is 11.8. The zero-order chi connectivity index (χ0) is 19.7. The van der Waals surface area contributed by atoms with E-state index in [0.29, 0.717) is 37.3 Å². The minimum Gasteiger partial charge on any atom is -0.449 e. The number of nitrogens with one attached hydrogen (secondary N) is 1. The molecule has 1 saturated carbocycles. The highest BCUT2D eigenvalue weighted by atomic mass is 31.2. The van der Waals surface area contributed by atoms with E-state index < -0.39 is 7.82 Å². The number of hydrogen-bond acceptors (Lipinski definition) is 5. The van der Waals surface area contributed by atoms with Crippen LogP contribution in [0, 0.1) is 17.8 Å². The molecule has 0 spiro atoms. The average Bonchev–Trinajstić information content (AvgIpc) is 3.28. The molecule has 0 aliphatic heterocycles. The highest BCUT2D eigenvalue weighted by Gasteiger charge is 2.49. The monoisotopic (exact) mass is 401 g/mol. The third kappa shape index (κ3) is 8.18. The molecule has 0 heterocycles. The number of phosphoric ester groups is 1.